The smallest absolute Gasteiger partial charge is 0.270 e. The molecule has 2 saturated heterocycles. The summed E-state index contributed by atoms with van der Waals surface area (Å²) >= 11 is 0. The van der Waals surface area contributed by atoms with Crippen molar-refractivity contribution in [2.75, 3.05) is 26.2 Å². The van der Waals surface area contributed by atoms with E-state index in [2.05, 4.69) is 4.98 Å². The highest BCUT2D eigenvalue weighted by Crippen LogP contribution is 2.35. The number of fused-ring (bicyclic) bond motifs is 3. The highest BCUT2D eigenvalue weighted by molar-refractivity contribution is 5.98. The molecule has 3 aromatic rings. The van der Waals surface area contributed by atoms with Gasteiger partial charge in [0.2, 0.25) is 6.10 Å². The molecule has 3 aliphatic rings. The van der Waals surface area contributed by atoms with E-state index >= 15 is 0 Å². The van der Waals surface area contributed by atoms with E-state index in [1.54, 1.807) is 0 Å². The zero-order chi connectivity index (χ0) is 22.4. The average Bonchev–Trinajstić information content (AvgIpc) is 3.31. The third-order valence-electron chi connectivity index (χ3n) is 7.18. The van der Waals surface area contributed by atoms with Crippen LogP contribution in [-0.4, -0.2) is 65.0 Å². The Hall–Kier alpha value is -3.48. The molecule has 0 aliphatic carbocycles. The van der Waals surface area contributed by atoms with Crippen LogP contribution in [0.15, 0.2) is 54.6 Å². The summed E-state index contributed by atoms with van der Waals surface area (Å²) in [6.07, 6.45) is 2.12. The van der Waals surface area contributed by atoms with E-state index in [-0.39, 0.29) is 30.4 Å². The maximum atomic E-state index is 13.4. The maximum absolute atomic E-state index is 13.4. The van der Waals surface area contributed by atoms with Crippen LogP contribution in [0.25, 0.3) is 10.9 Å². The first kappa shape index (κ1) is 20.1. The monoisotopic (exact) mass is 445 g/mol. The first-order valence-corrected chi connectivity index (χ1v) is 11.7. The molecule has 3 aliphatic heterocycles. The second-order valence-electron chi connectivity index (χ2n) is 9.18. The number of nitrogens with one attached hydrogen (secondary N) is 1. The number of carbonyl (C=O) groups is 2. The summed E-state index contributed by atoms with van der Waals surface area (Å²) < 4.78 is 11.8. The largest absolute Gasteiger partial charge is 0.485 e. The predicted molar refractivity (Wildman–Crippen MR) is 123 cm³/mol. The number of carbonyl (C=O) groups excluding carboxylic acids is 2. The van der Waals surface area contributed by atoms with Crippen LogP contribution in [0, 0.1) is 5.92 Å². The number of rotatable bonds is 2. The van der Waals surface area contributed by atoms with E-state index in [4.69, 9.17) is 9.47 Å². The summed E-state index contributed by atoms with van der Waals surface area (Å²) in [5.41, 5.74) is 1.60. The number of H-pyrrole nitrogens is 1. The molecule has 1 N–H and O–H groups in total. The average molecular weight is 446 g/mol. The molecule has 1 aromatic heterocycles. The van der Waals surface area contributed by atoms with Gasteiger partial charge in [-0.05, 0) is 49.4 Å². The number of aromatic amines is 1. The first-order chi connectivity index (χ1) is 16.2. The van der Waals surface area contributed by atoms with Crippen molar-refractivity contribution in [1.82, 2.24) is 14.8 Å². The highest BCUT2D eigenvalue weighted by atomic mass is 16.6. The van der Waals surface area contributed by atoms with Crippen LogP contribution in [-0.2, 0) is 4.79 Å². The number of likely N-dealkylation sites (tertiary alicyclic amines) is 2. The number of hydrogen-bond acceptors (Lipinski definition) is 4. The second kappa shape index (κ2) is 8.14. The summed E-state index contributed by atoms with van der Waals surface area (Å²) in [5.74, 6) is 1.61. The Morgan fingerprint density at radius 2 is 1.79 bits per heavy atom. The maximum Gasteiger partial charge on any atom is 0.270 e. The van der Waals surface area contributed by atoms with E-state index in [0.29, 0.717) is 30.3 Å². The zero-order valence-corrected chi connectivity index (χ0v) is 18.4. The molecule has 0 saturated carbocycles. The van der Waals surface area contributed by atoms with Gasteiger partial charge in [-0.3, -0.25) is 9.59 Å². The second-order valence-corrected chi connectivity index (χ2v) is 9.18. The number of amides is 2. The summed E-state index contributed by atoms with van der Waals surface area (Å²) in [6, 6.07) is 17.5. The Labute approximate surface area is 192 Å². The number of aromatic nitrogens is 1. The van der Waals surface area contributed by atoms with Crippen molar-refractivity contribution in [3.05, 3.63) is 60.3 Å². The quantitative estimate of drug-likeness (QED) is 0.656. The van der Waals surface area contributed by atoms with Crippen molar-refractivity contribution in [3.8, 4) is 11.5 Å². The van der Waals surface area contributed by atoms with Crippen LogP contribution in [0.4, 0.5) is 0 Å². The van der Waals surface area contributed by atoms with Crippen molar-refractivity contribution in [3.63, 3.8) is 0 Å². The minimum Gasteiger partial charge on any atom is -0.485 e. The summed E-state index contributed by atoms with van der Waals surface area (Å²) in [5, 5.41) is 1.04. The predicted octanol–water partition coefficient (Wildman–Crippen LogP) is 3.46. The van der Waals surface area contributed by atoms with Gasteiger partial charge in [-0.2, -0.15) is 0 Å². The summed E-state index contributed by atoms with van der Waals surface area (Å²) in [6.45, 7) is 2.28. The van der Waals surface area contributed by atoms with Gasteiger partial charge in [-0.25, -0.2) is 0 Å². The lowest BCUT2D eigenvalue weighted by Crippen LogP contribution is -2.59. The van der Waals surface area contributed by atoms with E-state index in [0.717, 1.165) is 36.7 Å². The topological polar surface area (TPSA) is 74.9 Å². The number of hydrogen-bond donors (Lipinski definition) is 1. The molecular weight excluding hydrogens is 418 g/mol. The number of para-hydroxylation sites is 3. The van der Waals surface area contributed by atoms with Crippen LogP contribution in [0.1, 0.15) is 29.8 Å². The van der Waals surface area contributed by atoms with Crippen LogP contribution in [0.3, 0.4) is 0 Å². The molecule has 0 bridgehead atoms. The number of benzene rings is 2. The SMILES string of the molecule is O=C(c1cc2ccccc2[nH]1)N1CC[C@H]2[C@H](CCCN2C(=O)C2COc3ccccc3O2)C1. The van der Waals surface area contributed by atoms with Gasteiger partial charge in [0.1, 0.15) is 12.3 Å². The van der Waals surface area contributed by atoms with E-state index in [1.165, 1.54) is 0 Å². The number of piperidine rings is 2. The van der Waals surface area contributed by atoms with E-state index in [1.807, 2.05) is 64.4 Å². The molecule has 33 heavy (non-hydrogen) atoms. The molecular formula is C26H27N3O4. The molecule has 2 amide bonds. The van der Waals surface area contributed by atoms with Crippen molar-refractivity contribution >= 4 is 22.7 Å². The van der Waals surface area contributed by atoms with Crippen molar-refractivity contribution in [1.29, 1.82) is 0 Å². The first-order valence-electron chi connectivity index (χ1n) is 11.7. The van der Waals surface area contributed by atoms with Crippen molar-refractivity contribution < 1.29 is 19.1 Å². The fraction of sp³-hybridized carbons (Fsp3) is 0.385. The zero-order valence-electron chi connectivity index (χ0n) is 18.4. The Bertz CT molecular complexity index is 1170. The van der Waals surface area contributed by atoms with Crippen LogP contribution < -0.4 is 9.47 Å². The van der Waals surface area contributed by atoms with Crippen LogP contribution in [0.5, 0.6) is 11.5 Å². The Morgan fingerprint density at radius 3 is 2.67 bits per heavy atom. The van der Waals surface area contributed by atoms with Gasteiger partial charge in [0.15, 0.2) is 11.5 Å². The fourth-order valence-corrected chi connectivity index (χ4v) is 5.55. The standard InChI is InChI=1S/C26H27N3O4/c30-25(20-14-17-6-1-2-8-19(17)27-20)28-13-11-21-18(15-28)7-5-12-29(21)26(31)24-16-32-22-9-3-4-10-23(22)33-24/h1-4,6,8-10,14,18,21,24,27H,5,7,11-13,15-16H2/t18-,21+,24?/m1/s1. The van der Waals surface area contributed by atoms with Gasteiger partial charge in [0.05, 0.1) is 0 Å². The Kier molecular flexibility index (Phi) is 4.97. The number of nitrogens with zero attached hydrogens (tertiary/aromatic N) is 2. The van der Waals surface area contributed by atoms with Gasteiger partial charge in [0.25, 0.3) is 11.8 Å². The molecule has 170 valence electrons. The molecule has 0 radical (unpaired) electrons. The lowest BCUT2D eigenvalue weighted by molar-refractivity contribution is -0.148. The Balaban J connectivity index is 1.15. The normalized spacial score (nSPS) is 24.4. The van der Waals surface area contributed by atoms with Gasteiger partial charge in [0, 0.05) is 36.6 Å². The molecule has 7 nitrogen and oxygen atoms in total. The lowest BCUT2D eigenvalue weighted by Gasteiger charge is -2.48. The third-order valence-corrected chi connectivity index (χ3v) is 7.18. The molecule has 1 unspecified atom stereocenters. The molecule has 4 heterocycles. The fourth-order valence-electron chi connectivity index (χ4n) is 5.55. The van der Waals surface area contributed by atoms with E-state index < -0.39 is 6.10 Å². The van der Waals surface area contributed by atoms with Gasteiger partial charge in [-0.1, -0.05) is 30.3 Å². The molecule has 0 spiro atoms. The minimum absolute atomic E-state index is 0.00500. The van der Waals surface area contributed by atoms with Gasteiger partial charge >= 0.3 is 0 Å². The molecule has 3 atom stereocenters. The lowest BCUT2D eigenvalue weighted by atomic mass is 9.83. The molecule has 2 aromatic carbocycles. The van der Waals surface area contributed by atoms with Gasteiger partial charge in [-0.15, -0.1) is 0 Å². The van der Waals surface area contributed by atoms with Crippen molar-refractivity contribution in [2.45, 2.75) is 31.4 Å². The summed E-state index contributed by atoms with van der Waals surface area (Å²) in [7, 11) is 0. The Morgan fingerprint density at radius 1 is 0.970 bits per heavy atom. The highest BCUT2D eigenvalue weighted by Gasteiger charge is 2.42. The molecule has 7 heteroatoms. The van der Waals surface area contributed by atoms with Gasteiger partial charge < -0.3 is 24.3 Å². The minimum atomic E-state index is -0.621. The van der Waals surface area contributed by atoms with E-state index in [9.17, 15) is 9.59 Å². The molecule has 2 fully saturated rings. The van der Waals surface area contributed by atoms with Crippen LogP contribution in [0.2, 0.25) is 0 Å². The number of ether oxygens (including phenoxy) is 2. The third kappa shape index (κ3) is 3.61. The summed E-state index contributed by atoms with van der Waals surface area (Å²) in [4.78, 5) is 33.8. The molecule has 6 rings (SSSR count). The van der Waals surface area contributed by atoms with Crippen LogP contribution >= 0.6 is 0 Å². The van der Waals surface area contributed by atoms with Crippen molar-refractivity contribution in [2.24, 2.45) is 5.92 Å².